The van der Waals surface area contributed by atoms with Crippen molar-refractivity contribution in [2.24, 2.45) is 11.8 Å². The van der Waals surface area contributed by atoms with E-state index in [1.54, 1.807) is 0 Å². The van der Waals surface area contributed by atoms with Gasteiger partial charge in [0.2, 0.25) is 5.91 Å². The first-order valence-corrected chi connectivity index (χ1v) is 6.86. The molecular weight excluding hydrogens is 246 g/mol. The molecule has 0 radical (unpaired) electrons. The number of rotatable bonds is 5. The van der Waals surface area contributed by atoms with Gasteiger partial charge in [-0.25, -0.2) is 0 Å². The molecule has 1 fully saturated rings. The first-order chi connectivity index (χ1) is 8.81. The molecule has 0 spiro atoms. The smallest absolute Gasteiger partial charge is 0.236 e. The van der Waals surface area contributed by atoms with Gasteiger partial charge in [0.25, 0.3) is 0 Å². The second-order valence-corrected chi connectivity index (χ2v) is 4.23. The number of para-hydroxylation sites is 1. The highest BCUT2D eigenvalue weighted by atomic mass is 32.2. The Balaban J connectivity index is 0.000000771. The van der Waals surface area contributed by atoms with Crippen molar-refractivity contribution >= 4 is 18.1 Å². The Kier molecular flexibility index (Phi) is 6.36. The average Bonchev–Trinajstić information content (AvgIpc) is 3.22. The van der Waals surface area contributed by atoms with Gasteiger partial charge in [-0.3, -0.25) is 9.52 Å². The van der Waals surface area contributed by atoms with E-state index in [9.17, 15) is 4.79 Å². The fourth-order valence-corrected chi connectivity index (χ4v) is 1.92. The largest absolute Gasteiger partial charge is 0.405 e. The quantitative estimate of drug-likeness (QED) is 0.502. The molecule has 98 valence electrons. The zero-order valence-electron chi connectivity index (χ0n) is 10.8. The number of hydrogen-bond donors (Lipinski definition) is 1. The fourth-order valence-electron chi connectivity index (χ4n) is 1.44. The van der Waals surface area contributed by atoms with Gasteiger partial charge in [0, 0.05) is 5.92 Å². The van der Waals surface area contributed by atoms with Crippen molar-refractivity contribution in [3.63, 3.8) is 0 Å². The summed E-state index contributed by atoms with van der Waals surface area (Å²) in [4.78, 5) is 11.5. The van der Waals surface area contributed by atoms with E-state index in [1.807, 2.05) is 50.3 Å². The van der Waals surface area contributed by atoms with E-state index in [4.69, 9.17) is 4.18 Å². The van der Waals surface area contributed by atoms with Crippen LogP contribution in [0, 0.1) is 11.8 Å². The molecule has 3 nitrogen and oxygen atoms in total. The molecule has 1 aliphatic carbocycles. The Labute approximate surface area is 113 Å². The maximum Gasteiger partial charge on any atom is 0.236 e. The van der Waals surface area contributed by atoms with E-state index in [0.717, 1.165) is 24.4 Å². The number of benzene rings is 1. The number of hydrogen-bond acceptors (Lipinski definition) is 3. The van der Waals surface area contributed by atoms with Gasteiger partial charge in [-0.15, -0.1) is 6.58 Å². The lowest BCUT2D eigenvalue weighted by atomic mass is 10.3. The monoisotopic (exact) mass is 265 g/mol. The lowest BCUT2D eigenvalue weighted by molar-refractivity contribution is -0.120. The summed E-state index contributed by atoms with van der Waals surface area (Å²) in [5, 5.41) is 0. The Hall–Kier alpha value is -1.42. The maximum absolute atomic E-state index is 11.5. The molecule has 0 heterocycles. The van der Waals surface area contributed by atoms with E-state index in [1.165, 1.54) is 0 Å². The topological polar surface area (TPSA) is 38.3 Å². The van der Waals surface area contributed by atoms with E-state index in [0.29, 0.717) is 5.92 Å². The van der Waals surface area contributed by atoms with Gasteiger partial charge in [-0.05, 0) is 24.5 Å². The van der Waals surface area contributed by atoms with Crippen molar-refractivity contribution in [2.45, 2.75) is 20.3 Å². The molecule has 2 atom stereocenters. The van der Waals surface area contributed by atoms with Crippen molar-refractivity contribution in [1.82, 2.24) is 4.72 Å². The van der Waals surface area contributed by atoms with Crippen molar-refractivity contribution < 1.29 is 8.98 Å². The van der Waals surface area contributed by atoms with Gasteiger partial charge in [0.05, 0.1) is 0 Å². The second kappa shape index (κ2) is 7.82. The summed E-state index contributed by atoms with van der Waals surface area (Å²) in [6.45, 7) is 7.67. The lowest BCUT2D eigenvalue weighted by Crippen LogP contribution is -2.19. The molecule has 1 amide bonds. The number of carbonyl (C=O) groups is 1. The Morgan fingerprint density at radius 3 is 2.67 bits per heavy atom. The Morgan fingerprint density at radius 1 is 1.44 bits per heavy atom. The van der Waals surface area contributed by atoms with Crippen LogP contribution in [0.15, 0.2) is 43.0 Å². The molecule has 0 aromatic heterocycles. The minimum atomic E-state index is 0.0193. The van der Waals surface area contributed by atoms with Gasteiger partial charge in [-0.2, -0.15) is 0 Å². The molecule has 0 unspecified atom stereocenters. The summed E-state index contributed by atoms with van der Waals surface area (Å²) in [6.07, 6.45) is 2.73. The third-order valence-electron chi connectivity index (χ3n) is 2.50. The van der Waals surface area contributed by atoms with Crippen LogP contribution in [-0.2, 0) is 4.79 Å². The molecule has 1 aromatic carbocycles. The van der Waals surface area contributed by atoms with Gasteiger partial charge in [0.15, 0.2) is 12.2 Å². The van der Waals surface area contributed by atoms with Crippen molar-refractivity contribution in [2.75, 3.05) is 0 Å². The molecule has 0 saturated heterocycles. The minimum Gasteiger partial charge on any atom is -0.405 e. The summed E-state index contributed by atoms with van der Waals surface area (Å²) >= 11 is 0.961. The minimum absolute atomic E-state index is 0.0193. The molecule has 18 heavy (non-hydrogen) atoms. The number of carbonyl (C=O) groups excluding carboxylic acids is 1. The maximum atomic E-state index is 11.5. The zero-order valence-corrected chi connectivity index (χ0v) is 11.6. The predicted octanol–water partition coefficient (Wildman–Crippen LogP) is 3.59. The van der Waals surface area contributed by atoms with Crippen molar-refractivity contribution in [1.29, 1.82) is 0 Å². The molecule has 0 aliphatic heterocycles. The SMILES string of the molecule is C=C[C@@H]1C[C@@H]1C(=O)NSOc1ccccc1.CC. The van der Waals surface area contributed by atoms with Crippen LogP contribution in [0.25, 0.3) is 0 Å². The lowest BCUT2D eigenvalue weighted by Gasteiger charge is -2.04. The number of amides is 1. The first-order valence-electron chi connectivity index (χ1n) is 6.12. The van der Waals surface area contributed by atoms with Crippen LogP contribution < -0.4 is 8.91 Å². The first kappa shape index (κ1) is 14.6. The molecule has 1 aliphatic rings. The highest BCUT2D eigenvalue weighted by Crippen LogP contribution is 2.39. The van der Waals surface area contributed by atoms with Crippen LogP contribution in [0.5, 0.6) is 5.75 Å². The van der Waals surface area contributed by atoms with Gasteiger partial charge >= 0.3 is 0 Å². The van der Waals surface area contributed by atoms with E-state index < -0.39 is 0 Å². The van der Waals surface area contributed by atoms with Crippen LogP contribution in [0.4, 0.5) is 0 Å². The van der Waals surface area contributed by atoms with Gasteiger partial charge in [0.1, 0.15) is 5.75 Å². The standard InChI is InChI=1S/C12H13NO2S.C2H6/c1-2-9-8-11(9)12(14)13-16-15-10-6-4-3-5-7-10;1-2/h2-7,9,11H,1,8H2,(H,13,14);1-2H3/t9-,11+;/m1./s1. The molecule has 4 heteroatoms. The highest BCUT2D eigenvalue weighted by Gasteiger charge is 2.40. The third-order valence-corrected chi connectivity index (χ3v) is 3.06. The molecule has 2 rings (SSSR count). The normalized spacial score (nSPS) is 20.1. The summed E-state index contributed by atoms with van der Waals surface area (Å²) < 4.78 is 7.95. The van der Waals surface area contributed by atoms with Crippen LogP contribution in [-0.4, -0.2) is 5.91 Å². The molecule has 0 bridgehead atoms. The Bertz CT molecular complexity index is 381. The summed E-state index contributed by atoms with van der Waals surface area (Å²) in [6, 6.07) is 9.35. The summed E-state index contributed by atoms with van der Waals surface area (Å²) in [5.41, 5.74) is 0. The predicted molar refractivity (Wildman–Crippen MR) is 75.9 cm³/mol. The number of nitrogens with one attached hydrogen (secondary N) is 1. The summed E-state index contributed by atoms with van der Waals surface area (Å²) in [7, 11) is 0. The van der Waals surface area contributed by atoms with Gasteiger partial charge < -0.3 is 4.18 Å². The van der Waals surface area contributed by atoms with Crippen molar-refractivity contribution in [3.05, 3.63) is 43.0 Å². The third kappa shape index (κ3) is 4.45. The van der Waals surface area contributed by atoms with Crippen LogP contribution in [0.3, 0.4) is 0 Å². The molecule has 1 N–H and O–H groups in total. The second-order valence-electron chi connectivity index (χ2n) is 3.69. The van der Waals surface area contributed by atoms with Crippen molar-refractivity contribution in [3.8, 4) is 5.75 Å². The fraction of sp³-hybridized carbons (Fsp3) is 0.357. The summed E-state index contributed by atoms with van der Waals surface area (Å²) in [5.74, 6) is 1.18. The van der Waals surface area contributed by atoms with E-state index in [-0.39, 0.29) is 11.8 Å². The zero-order chi connectivity index (χ0) is 13.4. The van der Waals surface area contributed by atoms with E-state index >= 15 is 0 Å². The molecule has 1 aromatic rings. The molecular formula is C14H19NO2S. The van der Waals surface area contributed by atoms with E-state index in [2.05, 4.69) is 11.3 Å². The average molecular weight is 265 g/mol. The molecule has 1 saturated carbocycles. The van der Waals surface area contributed by atoms with Crippen LogP contribution >= 0.6 is 12.2 Å². The number of allylic oxidation sites excluding steroid dienone is 1. The Morgan fingerprint density at radius 2 is 2.11 bits per heavy atom. The highest BCUT2D eigenvalue weighted by molar-refractivity contribution is 7.93. The van der Waals surface area contributed by atoms with Crippen LogP contribution in [0.1, 0.15) is 20.3 Å². The van der Waals surface area contributed by atoms with Crippen LogP contribution in [0.2, 0.25) is 0 Å². The van der Waals surface area contributed by atoms with Gasteiger partial charge in [-0.1, -0.05) is 38.1 Å².